The Labute approximate surface area is 91.5 Å². The van der Waals surface area contributed by atoms with Crippen molar-refractivity contribution in [2.45, 2.75) is 18.9 Å². The highest BCUT2D eigenvalue weighted by Gasteiger charge is 2.26. The number of piperidine rings is 1. The highest BCUT2D eigenvalue weighted by Crippen LogP contribution is 2.11. The van der Waals surface area contributed by atoms with Gasteiger partial charge in [-0.1, -0.05) is 0 Å². The predicted molar refractivity (Wildman–Crippen MR) is 56.2 cm³/mol. The van der Waals surface area contributed by atoms with Crippen molar-refractivity contribution in [2.75, 3.05) is 11.1 Å². The average molecular weight is 221 g/mol. The second-order valence-corrected chi connectivity index (χ2v) is 3.45. The fourth-order valence-electron chi connectivity index (χ4n) is 1.46. The molecule has 1 aromatic rings. The number of carbonyl (C=O) groups excluding carboxylic acids is 2. The van der Waals surface area contributed by atoms with Crippen LogP contribution in [0.4, 0.5) is 11.8 Å². The highest BCUT2D eigenvalue weighted by atomic mass is 16.2. The zero-order chi connectivity index (χ0) is 11.5. The van der Waals surface area contributed by atoms with Crippen LogP contribution in [0.15, 0.2) is 12.3 Å². The first-order valence-corrected chi connectivity index (χ1v) is 4.84. The maximum Gasteiger partial charge on any atom is 0.249 e. The molecule has 0 saturated carbocycles. The summed E-state index contributed by atoms with van der Waals surface area (Å²) in [6.07, 6.45) is 2.27. The van der Waals surface area contributed by atoms with Gasteiger partial charge in [-0.05, 0) is 12.5 Å². The molecule has 1 fully saturated rings. The number of carbonyl (C=O) groups is 2. The summed E-state index contributed by atoms with van der Waals surface area (Å²) in [5, 5.41) is 5.15. The first-order chi connectivity index (χ1) is 7.65. The van der Waals surface area contributed by atoms with E-state index in [1.807, 2.05) is 0 Å². The first kappa shape index (κ1) is 10.3. The summed E-state index contributed by atoms with van der Waals surface area (Å²) < 4.78 is 0. The second-order valence-electron chi connectivity index (χ2n) is 3.45. The van der Waals surface area contributed by atoms with Gasteiger partial charge in [-0.3, -0.25) is 14.9 Å². The third kappa shape index (κ3) is 2.25. The summed E-state index contributed by atoms with van der Waals surface area (Å²) in [7, 11) is 0. The summed E-state index contributed by atoms with van der Waals surface area (Å²) >= 11 is 0. The van der Waals surface area contributed by atoms with Crippen molar-refractivity contribution in [2.24, 2.45) is 0 Å². The highest BCUT2D eigenvalue weighted by molar-refractivity contribution is 6.01. The van der Waals surface area contributed by atoms with Gasteiger partial charge in [-0.15, -0.1) is 0 Å². The molecule has 1 saturated heterocycles. The lowest BCUT2D eigenvalue weighted by molar-refractivity contribution is -0.133. The summed E-state index contributed by atoms with van der Waals surface area (Å²) in [4.78, 5) is 30.0. The molecule has 1 unspecified atom stereocenters. The molecular formula is C9H11N5O2. The second kappa shape index (κ2) is 4.13. The molecule has 1 atom stereocenters. The molecule has 7 heteroatoms. The molecule has 0 bridgehead atoms. The third-order valence-electron chi connectivity index (χ3n) is 2.24. The summed E-state index contributed by atoms with van der Waals surface area (Å²) in [5.74, 6) is 0.0259. The summed E-state index contributed by atoms with van der Waals surface area (Å²) in [5.41, 5.74) is 5.40. The molecule has 2 amide bonds. The Hall–Kier alpha value is -2.18. The Morgan fingerprint density at radius 1 is 1.50 bits per heavy atom. The topological polar surface area (TPSA) is 110 Å². The maximum absolute atomic E-state index is 11.4. The lowest BCUT2D eigenvalue weighted by Crippen LogP contribution is -2.47. The molecule has 7 nitrogen and oxygen atoms in total. The maximum atomic E-state index is 11.4. The van der Waals surface area contributed by atoms with Gasteiger partial charge in [-0.25, -0.2) is 4.98 Å². The number of amides is 2. The number of nitrogens with two attached hydrogens (primary N) is 1. The van der Waals surface area contributed by atoms with E-state index in [9.17, 15) is 9.59 Å². The third-order valence-corrected chi connectivity index (χ3v) is 2.24. The van der Waals surface area contributed by atoms with Crippen molar-refractivity contribution in [1.29, 1.82) is 0 Å². The molecule has 1 aliphatic rings. The standard InChI is InChI=1S/C9H11N5O2/c10-9-11-4-3-6(13-9)12-5-1-2-7(15)14-8(5)16/h3-5H,1-2H2,(H,14,15,16)(H3,10,11,12,13). The van der Waals surface area contributed by atoms with E-state index in [-0.39, 0.29) is 17.8 Å². The fraction of sp³-hybridized carbons (Fsp3) is 0.333. The Kier molecular flexibility index (Phi) is 2.67. The van der Waals surface area contributed by atoms with E-state index in [1.54, 1.807) is 6.07 Å². The van der Waals surface area contributed by atoms with Crippen molar-refractivity contribution in [1.82, 2.24) is 15.3 Å². The molecular weight excluding hydrogens is 210 g/mol. The van der Waals surface area contributed by atoms with Crippen LogP contribution in [-0.4, -0.2) is 27.8 Å². The lowest BCUT2D eigenvalue weighted by Gasteiger charge is -2.22. The fourth-order valence-corrected chi connectivity index (χ4v) is 1.46. The van der Waals surface area contributed by atoms with Crippen LogP contribution in [0.2, 0.25) is 0 Å². The number of rotatable bonds is 2. The van der Waals surface area contributed by atoms with Crippen LogP contribution in [0.25, 0.3) is 0 Å². The van der Waals surface area contributed by atoms with Gasteiger partial charge in [0.25, 0.3) is 0 Å². The van der Waals surface area contributed by atoms with Gasteiger partial charge in [0.15, 0.2) is 0 Å². The zero-order valence-corrected chi connectivity index (χ0v) is 8.43. The van der Waals surface area contributed by atoms with Gasteiger partial charge in [0.2, 0.25) is 17.8 Å². The van der Waals surface area contributed by atoms with E-state index in [0.717, 1.165) is 0 Å². The van der Waals surface area contributed by atoms with E-state index in [4.69, 9.17) is 5.73 Å². The average Bonchev–Trinajstić information content (AvgIpc) is 2.22. The number of nitrogens with zero attached hydrogens (tertiary/aromatic N) is 2. The van der Waals surface area contributed by atoms with Gasteiger partial charge < -0.3 is 11.1 Å². The predicted octanol–water partition coefficient (Wildman–Crippen LogP) is -0.724. The molecule has 0 aliphatic carbocycles. The van der Waals surface area contributed by atoms with Crippen molar-refractivity contribution in [3.63, 3.8) is 0 Å². The number of hydrogen-bond acceptors (Lipinski definition) is 6. The Morgan fingerprint density at radius 2 is 2.31 bits per heavy atom. The van der Waals surface area contributed by atoms with E-state index in [1.165, 1.54) is 6.20 Å². The van der Waals surface area contributed by atoms with Crippen LogP contribution in [0.3, 0.4) is 0 Å². The van der Waals surface area contributed by atoms with Crippen LogP contribution < -0.4 is 16.4 Å². The van der Waals surface area contributed by atoms with Crippen LogP contribution in [0, 0.1) is 0 Å². The molecule has 2 heterocycles. The van der Waals surface area contributed by atoms with Gasteiger partial charge >= 0.3 is 0 Å². The number of nitrogen functional groups attached to an aromatic ring is 1. The molecule has 0 radical (unpaired) electrons. The number of imide groups is 1. The van der Waals surface area contributed by atoms with Crippen LogP contribution in [-0.2, 0) is 9.59 Å². The normalized spacial score (nSPS) is 20.4. The largest absolute Gasteiger partial charge is 0.368 e. The number of anilines is 2. The SMILES string of the molecule is Nc1nccc(NC2CCC(=O)NC2=O)n1. The molecule has 1 aromatic heterocycles. The lowest BCUT2D eigenvalue weighted by atomic mass is 10.1. The quantitative estimate of drug-likeness (QED) is 0.568. The Bertz CT molecular complexity index is 434. The van der Waals surface area contributed by atoms with Gasteiger partial charge in [0, 0.05) is 12.6 Å². The summed E-state index contributed by atoms with van der Waals surface area (Å²) in [6.45, 7) is 0. The zero-order valence-electron chi connectivity index (χ0n) is 8.43. The molecule has 2 rings (SSSR count). The van der Waals surface area contributed by atoms with E-state index in [0.29, 0.717) is 18.7 Å². The number of hydrogen-bond donors (Lipinski definition) is 3. The van der Waals surface area contributed by atoms with Gasteiger partial charge in [0.1, 0.15) is 11.9 Å². The molecule has 0 aromatic carbocycles. The molecule has 0 spiro atoms. The monoisotopic (exact) mass is 221 g/mol. The van der Waals surface area contributed by atoms with Crippen molar-refractivity contribution >= 4 is 23.6 Å². The van der Waals surface area contributed by atoms with Crippen LogP contribution in [0.1, 0.15) is 12.8 Å². The van der Waals surface area contributed by atoms with E-state index >= 15 is 0 Å². The molecule has 16 heavy (non-hydrogen) atoms. The van der Waals surface area contributed by atoms with Crippen molar-refractivity contribution in [3.8, 4) is 0 Å². The molecule has 84 valence electrons. The molecule has 1 aliphatic heterocycles. The van der Waals surface area contributed by atoms with Crippen LogP contribution >= 0.6 is 0 Å². The van der Waals surface area contributed by atoms with Crippen molar-refractivity contribution in [3.05, 3.63) is 12.3 Å². The minimum atomic E-state index is -0.452. The van der Waals surface area contributed by atoms with Crippen molar-refractivity contribution < 1.29 is 9.59 Å². The van der Waals surface area contributed by atoms with Gasteiger partial charge in [-0.2, -0.15) is 4.98 Å². The first-order valence-electron chi connectivity index (χ1n) is 4.84. The summed E-state index contributed by atoms with van der Waals surface area (Å²) in [6, 6.07) is 1.16. The molecule has 4 N–H and O–H groups in total. The smallest absolute Gasteiger partial charge is 0.249 e. The number of nitrogens with one attached hydrogen (secondary N) is 2. The minimum Gasteiger partial charge on any atom is -0.368 e. The Balaban J connectivity index is 2.05. The minimum absolute atomic E-state index is 0.136. The van der Waals surface area contributed by atoms with E-state index in [2.05, 4.69) is 20.6 Å². The van der Waals surface area contributed by atoms with Gasteiger partial charge in [0.05, 0.1) is 0 Å². The van der Waals surface area contributed by atoms with Crippen LogP contribution in [0.5, 0.6) is 0 Å². The number of aromatic nitrogens is 2. The van der Waals surface area contributed by atoms with E-state index < -0.39 is 6.04 Å². The Morgan fingerprint density at radius 3 is 3.00 bits per heavy atom.